The first-order valence-electron chi connectivity index (χ1n) is 6.79. The fourth-order valence-electron chi connectivity index (χ4n) is 2.00. The van der Waals surface area contributed by atoms with Crippen LogP contribution in [0, 0.1) is 0 Å². The Bertz CT molecular complexity index is 458. The molecule has 0 aliphatic carbocycles. The molecule has 0 amide bonds. The Balaban J connectivity index is 1.98. The van der Waals surface area contributed by atoms with Crippen LogP contribution in [0.1, 0.15) is 37.2 Å². The molecule has 100 valence electrons. The zero-order valence-corrected chi connectivity index (χ0v) is 11.3. The molecule has 4 heteroatoms. The number of pyridine rings is 1. The molecule has 1 atom stereocenters. The first kappa shape index (κ1) is 13.6. The lowest BCUT2D eigenvalue weighted by Crippen LogP contribution is -2.23. The summed E-state index contributed by atoms with van der Waals surface area (Å²) in [6.45, 7) is 3.16. The van der Waals surface area contributed by atoms with E-state index in [1.165, 1.54) is 0 Å². The van der Waals surface area contributed by atoms with E-state index in [0.717, 1.165) is 37.2 Å². The SMILES string of the molecule is CCCNC(CCc1ccccn1)c1cnccn1. The van der Waals surface area contributed by atoms with Gasteiger partial charge in [-0.25, -0.2) is 0 Å². The lowest BCUT2D eigenvalue weighted by atomic mass is 10.1. The number of nitrogens with zero attached hydrogens (tertiary/aromatic N) is 3. The van der Waals surface area contributed by atoms with E-state index >= 15 is 0 Å². The van der Waals surface area contributed by atoms with Crippen molar-refractivity contribution in [2.24, 2.45) is 0 Å². The largest absolute Gasteiger partial charge is 0.309 e. The highest BCUT2D eigenvalue weighted by atomic mass is 14.9. The highest BCUT2D eigenvalue weighted by molar-refractivity contribution is 5.07. The molecule has 0 radical (unpaired) electrons. The minimum absolute atomic E-state index is 0.246. The summed E-state index contributed by atoms with van der Waals surface area (Å²) in [4.78, 5) is 12.9. The average molecular weight is 256 g/mol. The molecule has 0 saturated heterocycles. The summed E-state index contributed by atoms with van der Waals surface area (Å²) in [6.07, 6.45) is 10.2. The molecule has 0 aliphatic rings. The Morgan fingerprint density at radius 3 is 2.79 bits per heavy atom. The number of rotatable bonds is 7. The van der Waals surface area contributed by atoms with Crippen molar-refractivity contribution in [3.8, 4) is 0 Å². The van der Waals surface area contributed by atoms with E-state index in [1.807, 2.05) is 24.5 Å². The van der Waals surface area contributed by atoms with Gasteiger partial charge in [0.2, 0.25) is 0 Å². The van der Waals surface area contributed by atoms with Crippen LogP contribution in [-0.2, 0) is 6.42 Å². The summed E-state index contributed by atoms with van der Waals surface area (Å²) in [5.41, 5.74) is 2.13. The van der Waals surface area contributed by atoms with Crippen molar-refractivity contribution in [1.82, 2.24) is 20.3 Å². The first-order chi connectivity index (χ1) is 9.40. The Hall–Kier alpha value is -1.81. The van der Waals surface area contributed by atoms with E-state index in [0.29, 0.717) is 0 Å². The molecule has 0 fully saturated rings. The van der Waals surface area contributed by atoms with Gasteiger partial charge in [-0.3, -0.25) is 15.0 Å². The van der Waals surface area contributed by atoms with E-state index in [1.54, 1.807) is 12.4 Å². The summed E-state index contributed by atoms with van der Waals surface area (Å²) in [5.74, 6) is 0. The molecule has 1 unspecified atom stereocenters. The monoisotopic (exact) mass is 256 g/mol. The Kier molecular flexibility index (Phi) is 5.44. The van der Waals surface area contributed by atoms with Crippen molar-refractivity contribution in [1.29, 1.82) is 0 Å². The van der Waals surface area contributed by atoms with E-state index in [-0.39, 0.29) is 6.04 Å². The average Bonchev–Trinajstić information content (AvgIpc) is 2.49. The predicted octanol–water partition coefficient (Wildman–Crippen LogP) is 2.55. The van der Waals surface area contributed by atoms with E-state index in [9.17, 15) is 0 Å². The lowest BCUT2D eigenvalue weighted by molar-refractivity contribution is 0.485. The molecule has 0 aliphatic heterocycles. The van der Waals surface area contributed by atoms with Crippen molar-refractivity contribution in [2.75, 3.05) is 6.54 Å². The number of nitrogens with one attached hydrogen (secondary N) is 1. The molecule has 19 heavy (non-hydrogen) atoms. The lowest BCUT2D eigenvalue weighted by Gasteiger charge is -2.17. The summed E-state index contributed by atoms with van der Waals surface area (Å²) < 4.78 is 0. The summed E-state index contributed by atoms with van der Waals surface area (Å²) in [6, 6.07) is 6.28. The zero-order valence-electron chi connectivity index (χ0n) is 11.3. The third-order valence-corrected chi connectivity index (χ3v) is 3.00. The molecule has 4 nitrogen and oxygen atoms in total. The maximum Gasteiger partial charge on any atom is 0.0756 e. The Morgan fingerprint density at radius 2 is 2.11 bits per heavy atom. The Labute approximate surface area is 114 Å². The molecule has 0 spiro atoms. The van der Waals surface area contributed by atoms with Gasteiger partial charge < -0.3 is 5.32 Å². The molecule has 0 bridgehead atoms. The van der Waals surface area contributed by atoms with Crippen LogP contribution in [0.3, 0.4) is 0 Å². The molecule has 2 heterocycles. The van der Waals surface area contributed by atoms with Gasteiger partial charge in [0.05, 0.1) is 11.7 Å². The van der Waals surface area contributed by atoms with Crippen molar-refractivity contribution in [3.63, 3.8) is 0 Å². The van der Waals surface area contributed by atoms with Gasteiger partial charge >= 0.3 is 0 Å². The van der Waals surface area contributed by atoms with Gasteiger partial charge in [-0.1, -0.05) is 13.0 Å². The van der Waals surface area contributed by atoms with E-state index in [2.05, 4.69) is 33.3 Å². The van der Waals surface area contributed by atoms with Crippen molar-refractivity contribution >= 4 is 0 Å². The van der Waals surface area contributed by atoms with Crippen LogP contribution < -0.4 is 5.32 Å². The van der Waals surface area contributed by atoms with Gasteiger partial charge in [0, 0.05) is 30.5 Å². The molecule has 2 aromatic rings. The maximum absolute atomic E-state index is 4.40. The van der Waals surface area contributed by atoms with E-state index in [4.69, 9.17) is 0 Å². The summed E-state index contributed by atoms with van der Waals surface area (Å²) >= 11 is 0. The van der Waals surface area contributed by atoms with Crippen LogP contribution in [0.15, 0.2) is 43.0 Å². The Morgan fingerprint density at radius 1 is 1.16 bits per heavy atom. The van der Waals surface area contributed by atoms with Crippen molar-refractivity contribution in [3.05, 3.63) is 54.4 Å². The molecule has 0 aromatic carbocycles. The zero-order chi connectivity index (χ0) is 13.3. The number of hydrogen-bond acceptors (Lipinski definition) is 4. The molecule has 1 N–H and O–H groups in total. The number of aromatic nitrogens is 3. The van der Waals surface area contributed by atoms with Gasteiger partial charge in [0.25, 0.3) is 0 Å². The minimum atomic E-state index is 0.246. The fourth-order valence-corrected chi connectivity index (χ4v) is 2.00. The standard InChI is InChI=1S/C15H20N4/c1-2-8-18-14(15-12-16-10-11-19-15)7-6-13-5-3-4-9-17-13/h3-5,9-12,14,18H,2,6-8H2,1H3. The van der Waals surface area contributed by atoms with Gasteiger partial charge in [0.15, 0.2) is 0 Å². The first-order valence-corrected chi connectivity index (χ1v) is 6.79. The normalized spacial score (nSPS) is 12.3. The van der Waals surface area contributed by atoms with Crippen LogP contribution in [0.25, 0.3) is 0 Å². The highest BCUT2D eigenvalue weighted by Gasteiger charge is 2.12. The third kappa shape index (κ3) is 4.41. The van der Waals surface area contributed by atoms with Crippen LogP contribution in [-0.4, -0.2) is 21.5 Å². The van der Waals surface area contributed by atoms with Crippen LogP contribution in [0.5, 0.6) is 0 Å². The van der Waals surface area contributed by atoms with Crippen molar-refractivity contribution in [2.45, 2.75) is 32.2 Å². The molecular weight excluding hydrogens is 236 g/mol. The second-order valence-electron chi connectivity index (χ2n) is 4.50. The summed E-state index contributed by atoms with van der Waals surface area (Å²) in [7, 11) is 0. The molecule has 2 aromatic heterocycles. The second-order valence-corrected chi connectivity index (χ2v) is 4.50. The topological polar surface area (TPSA) is 50.7 Å². The van der Waals surface area contributed by atoms with Gasteiger partial charge in [-0.15, -0.1) is 0 Å². The predicted molar refractivity (Wildman–Crippen MR) is 75.6 cm³/mol. The molecular formula is C15H20N4. The van der Waals surface area contributed by atoms with Crippen molar-refractivity contribution < 1.29 is 0 Å². The van der Waals surface area contributed by atoms with Crippen LogP contribution in [0.2, 0.25) is 0 Å². The van der Waals surface area contributed by atoms with Crippen LogP contribution in [0.4, 0.5) is 0 Å². The maximum atomic E-state index is 4.40. The van der Waals surface area contributed by atoms with Gasteiger partial charge in [-0.05, 0) is 37.9 Å². The smallest absolute Gasteiger partial charge is 0.0756 e. The third-order valence-electron chi connectivity index (χ3n) is 3.00. The number of aryl methyl sites for hydroxylation is 1. The number of hydrogen-bond donors (Lipinski definition) is 1. The second kappa shape index (κ2) is 7.59. The van der Waals surface area contributed by atoms with Gasteiger partial charge in [-0.2, -0.15) is 0 Å². The molecule has 2 rings (SSSR count). The van der Waals surface area contributed by atoms with Gasteiger partial charge in [0.1, 0.15) is 0 Å². The minimum Gasteiger partial charge on any atom is -0.309 e. The quantitative estimate of drug-likeness (QED) is 0.827. The molecule has 0 saturated carbocycles. The fraction of sp³-hybridized carbons (Fsp3) is 0.400. The van der Waals surface area contributed by atoms with Crippen LogP contribution >= 0.6 is 0 Å². The van der Waals surface area contributed by atoms with E-state index < -0.39 is 0 Å². The highest BCUT2D eigenvalue weighted by Crippen LogP contribution is 2.15. The summed E-state index contributed by atoms with van der Waals surface area (Å²) in [5, 5.41) is 3.53.